The highest BCUT2D eigenvalue weighted by atomic mass is 32.1. The molecule has 0 radical (unpaired) electrons. The second kappa shape index (κ2) is 26.2. The van der Waals surface area contributed by atoms with E-state index in [1.165, 1.54) is 5.40 Å². The van der Waals surface area contributed by atoms with Gasteiger partial charge in [-0.15, -0.1) is 0 Å². The number of hydrogen-bond acceptors (Lipinski definition) is 9. The van der Waals surface area contributed by atoms with Crippen molar-refractivity contribution in [1.82, 2.24) is 0 Å². The van der Waals surface area contributed by atoms with E-state index in [0.29, 0.717) is 0 Å². The van der Waals surface area contributed by atoms with Crippen molar-refractivity contribution < 1.29 is 56.4 Å². The number of rotatable bonds is 5. The van der Waals surface area contributed by atoms with Gasteiger partial charge in [-0.1, -0.05) is 5.40 Å². The Bertz CT molecular complexity index is 585. The maximum absolute atomic E-state index is 10.1. The van der Waals surface area contributed by atoms with E-state index < -0.39 is 36.4 Å². The molecule has 0 aliphatic carbocycles. The minimum absolute atomic E-state index is 0.0833. The van der Waals surface area contributed by atoms with Gasteiger partial charge in [0.25, 0.3) is 0 Å². The fourth-order valence-electron chi connectivity index (χ4n) is 0.684. The summed E-state index contributed by atoms with van der Waals surface area (Å²) in [4.78, 5) is 30.0. The van der Waals surface area contributed by atoms with E-state index in [1.807, 2.05) is 0 Å². The summed E-state index contributed by atoms with van der Waals surface area (Å²) in [6, 6.07) is 0. The van der Waals surface area contributed by atoms with Crippen LogP contribution in [0.2, 0.25) is 0 Å². The van der Waals surface area contributed by atoms with Gasteiger partial charge in [0, 0.05) is 24.8 Å². The molecule has 25 N–H and O–H groups in total. The molecule has 186 valence electrons. The van der Waals surface area contributed by atoms with E-state index in [4.69, 9.17) is 10.4 Å². The number of guanidine groups is 4. The minimum Gasteiger partial charge on any atom is -0.696 e. The first-order chi connectivity index (χ1) is 14.1. The molecule has 0 aromatic heterocycles. The number of nitriles is 1. The number of aliphatic carboxylic acids is 3. The molecule has 0 aromatic rings. The predicted molar refractivity (Wildman–Crippen MR) is 103 cm³/mol. The Morgan fingerprint density at radius 2 is 0.875 bits per heavy atom. The third kappa shape index (κ3) is 118. The highest BCUT2D eigenvalue weighted by molar-refractivity contribution is 7.64. The van der Waals surface area contributed by atoms with E-state index in [1.54, 1.807) is 0 Å². The topological polar surface area (TPSA) is 475 Å². The van der Waals surface area contributed by atoms with Gasteiger partial charge in [-0.25, -0.2) is 5.26 Å². The number of aliphatic hydroxyl groups is 1. The second-order valence-electron chi connectivity index (χ2n) is 4.51. The first-order valence-electron chi connectivity index (χ1n) is 7.00. The highest BCUT2D eigenvalue weighted by Gasteiger charge is 2.29. The Labute approximate surface area is 186 Å². The standard InChI is InChI=1S/C6H8O7.4CH5N3.CHNS/c7-3(8)1-6(13,5(11)12)2-4(9)10;4*2-1(3)4;2-1-3/h13H,1-2H2,(H,7,8)(H,9,10)(H,11,12);4*(H5,2,3,4);3H. The van der Waals surface area contributed by atoms with Crippen molar-refractivity contribution in [2.24, 2.45) is 45.9 Å². The second-order valence-corrected chi connectivity index (χ2v) is 4.69. The van der Waals surface area contributed by atoms with Gasteiger partial charge in [0.05, 0.1) is 5.97 Å². The normalized spacial score (nSPS) is 7.62. The number of nitrogens with zero attached hydrogens (tertiary/aromatic N) is 1. The first kappa shape index (κ1) is 41.5. The molecule has 0 aromatic carbocycles. The van der Waals surface area contributed by atoms with E-state index in [0.717, 1.165) is 0 Å². The Kier molecular flexibility index (Phi) is 33.9. The van der Waals surface area contributed by atoms with Crippen molar-refractivity contribution in [1.29, 1.82) is 5.26 Å². The average Bonchev–Trinajstić information content (AvgIpc) is 2.43. The highest BCUT2D eigenvalue weighted by Crippen LogP contribution is 2.13. The summed E-state index contributed by atoms with van der Waals surface area (Å²) in [5.74, 6) is -6.32. The Morgan fingerprint density at radius 1 is 0.750 bits per heavy atom. The van der Waals surface area contributed by atoms with Crippen LogP contribution in [0.3, 0.4) is 0 Å². The van der Waals surface area contributed by atoms with Crippen molar-refractivity contribution in [2.45, 2.75) is 18.4 Å². The molecule has 0 unspecified atom stereocenters. The Balaban J connectivity index is -0.0000000734. The molecule has 20 nitrogen and oxygen atoms in total. The molecule has 0 saturated carbocycles. The van der Waals surface area contributed by atoms with Crippen LogP contribution in [0.1, 0.15) is 12.8 Å². The lowest BCUT2D eigenvalue weighted by molar-refractivity contribution is -0.339. The summed E-state index contributed by atoms with van der Waals surface area (Å²) in [7, 11) is 0. The van der Waals surface area contributed by atoms with Gasteiger partial charge in [0.2, 0.25) is 0 Å². The lowest BCUT2D eigenvalue weighted by Crippen LogP contribution is -2.54. The molecule has 0 aliphatic rings. The lowest BCUT2D eigenvalue weighted by Gasteiger charge is -2.29. The van der Waals surface area contributed by atoms with Crippen LogP contribution in [0.25, 0.3) is 0 Å². The van der Waals surface area contributed by atoms with Crippen LogP contribution < -0.4 is 82.8 Å². The Morgan fingerprint density at radius 3 is 0.938 bits per heavy atom. The summed E-state index contributed by atoms with van der Waals surface area (Å²) >= 11 is 3.70. The average molecular weight is 488 g/mol. The summed E-state index contributed by atoms with van der Waals surface area (Å²) in [5, 5.41) is 65.7. The van der Waals surface area contributed by atoms with E-state index in [2.05, 4.69) is 80.1 Å². The number of thiocyanates is 1. The zero-order chi connectivity index (χ0) is 27.7. The minimum atomic E-state index is -2.97. The Hall–Kier alpha value is -4.84. The third-order valence-electron chi connectivity index (χ3n) is 1.25. The van der Waals surface area contributed by atoms with Crippen molar-refractivity contribution in [3.8, 4) is 5.40 Å². The van der Waals surface area contributed by atoms with Gasteiger partial charge in [0.1, 0.15) is 5.60 Å². The van der Waals surface area contributed by atoms with E-state index in [-0.39, 0.29) is 23.8 Å². The van der Waals surface area contributed by atoms with Crippen LogP contribution in [0, 0.1) is 10.7 Å². The van der Waals surface area contributed by atoms with Crippen LogP contribution in [0.15, 0.2) is 0 Å². The summed E-state index contributed by atoms with van der Waals surface area (Å²) in [6.07, 6.45) is -2.72. The van der Waals surface area contributed by atoms with Gasteiger partial charge in [-0.05, 0) is 0 Å². The molecule has 0 aliphatic heterocycles. The molecule has 0 saturated heterocycles. The fraction of sp³-hybridized carbons (Fsp3) is 0.273. The van der Waals surface area contributed by atoms with Gasteiger partial charge in [0.15, 0.2) is 0 Å². The lowest BCUT2D eigenvalue weighted by atomic mass is 9.96. The van der Waals surface area contributed by atoms with Gasteiger partial charge < -0.3 is 47.4 Å². The van der Waals surface area contributed by atoms with Gasteiger partial charge in [-0.3, -0.25) is 67.5 Å². The maximum Gasteiger partial charge on any atom is 0.336 e. The van der Waals surface area contributed by atoms with Crippen molar-refractivity contribution in [3.05, 3.63) is 0 Å². The number of carbonyl (C=O) groups excluding carboxylic acids is 3. The van der Waals surface area contributed by atoms with Crippen LogP contribution in [-0.4, -0.2) is 52.5 Å². The zero-order valence-corrected chi connectivity index (χ0v) is 17.4. The van der Waals surface area contributed by atoms with E-state index >= 15 is 0 Å². The molecule has 0 atom stereocenters. The first-order valence-corrected chi connectivity index (χ1v) is 7.41. The van der Waals surface area contributed by atoms with Crippen LogP contribution in [0.4, 0.5) is 0 Å². The van der Waals surface area contributed by atoms with Crippen molar-refractivity contribution >= 4 is 54.4 Å². The molecule has 0 bridgehead atoms. The third-order valence-corrected chi connectivity index (χ3v) is 1.25. The molecule has 0 amide bonds. The molecular weight excluding hydrogens is 458 g/mol. The molecule has 32 heavy (non-hydrogen) atoms. The summed E-state index contributed by atoms with van der Waals surface area (Å²) < 4.78 is 0. The number of carboxylic acids is 3. The predicted octanol–water partition coefficient (Wildman–Crippen LogP) is -17.2. The van der Waals surface area contributed by atoms with Crippen LogP contribution in [-0.2, 0) is 27.0 Å². The van der Waals surface area contributed by atoms with E-state index in [9.17, 15) is 29.7 Å². The number of carboxylic acid groups (broad SMARTS) is 3. The molecular formula is C11H29N13O7S. The summed E-state index contributed by atoms with van der Waals surface area (Å²) in [5.41, 5.74) is 33.7. The number of carbonyl (C=O) groups is 3. The molecule has 0 rings (SSSR count). The van der Waals surface area contributed by atoms with Crippen LogP contribution >= 0.6 is 0 Å². The molecule has 0 fully saturated rings. The SMILES string of the molecule is N#C[S-].NC(N)=[NH2+].NC(N)=[NH2+].NC(N)=[NH2+].NC(N)=[NH2+].O=C([O-])CC(O)(CC(=O)[O-])C(=O)[O-]. The van der Waals surface area contributed by atoms with Gasteiger partial charge >= 0.3 is 23.8 Å². The molecule has 21 heteroatoms. The molecule has 0 spiro atoms. The summed E-state index contributed by atoms with van der Waals surface area (Å²) in [6.45, 7) is 0. The molecule has 0 heterocycles. The maximum atomic E-state index is 10.1. The number of hydrogen-bond donors (Lipinski definition) is 13. The largest absolute Gasteiger partial charge is 0.696 e. The monoisotopic (exact) mass is 487 g/mol. The van der Waals surface area contributed by atoms with Crippen LogP contribution in [0.5, 0.6) is 0 Å². The quantitative estimate of drug-likeness (QED) is 0.0739. The zero-order valence-electron chi connectivity index (χ0n) is 16.6. The smallest absolute Gasteiger partial charge is 0.336 e. The fourth-order valence-corrected chi connectivity index (χ4v) is 0.684. The number of nitrogens with two attached hydrogens (primary N) is 12. The van der Waals surface area contributed by atoms with Crippen molar-refractivity contribution in [2.75, 3.05) is 0 Å². The van der Waals surface area contributed by atoms with Gasteiger partial charge in [-0.2, -0.15) is 0 Å². The van der Waals surface area contributed by atoms with Crippen molar-refractivity contribution in [3.63, 3.8) is 0 Å².